The van der Waals surface area contributed by atoms with E-state index in [1.54, 1.807) is 23.2 Å². The van der Waals surface area contributed by atoms with Crippen LogP contribution >= 0.6 is 0 Å². The summed E-state index contributed by atoms with van der Waals surface area (Å²) in [7, 11) is 3.12. The molecule has 0 aromatic carbocycles. The van der Waals surface area contributed by atoms with Crippen molar-refractivity contribution in [3.8, 4) is 5.82 Å². The van der Waals surface area contributed by atoms with Gasteiger partial charge in [-0.05, 0) is 19.1 Å². The number of esters is 1. The number of aromatic nitrogens is 4. The topological polar surface area (TPSA) is 99.2 Å². The van der Waals surface area contributed by atoms with Gasteiger partial charge < -0.3 is 15.4 Å². The van der Waals surface area contributed by atoms with Gasteiger partial charge in [-0.3, -0.25) is 0 Å². The summed E-state index contributed by atoms with van der Waals surface area (Å²) in [6.45, 7) is 2.61. The van der Waals surface area contributed by atoms with Gasteiger partial charge in [-0.1, -0.05) is 0 Å². The Hall–Kier alpha value is -2.64. The van der Waals surface area contributed by atoms with Crippen molar-refractivity contribution in [2.45, 2.75) is 6.92 Å². The van der Waals surface area contributed by atoms with E-state index < -0.39 is 5.97 Å². The molecule has 0 aliphatic heterocycles. The number of rotatable bonds is 4. The molecule has 2 aromatic rings. The van der Waals surface area contributed by atoms with Crippen LogP contribution in [0.1, 0.15) is 17.3 Å². The van der Waals surface area contributed by atoms with E-state index in [0.29, 0.717) is 18.2 Å². The number of methoxy groups -OCH3 is 1. The van der Waals surface area contributed by atoms with Gasteiger partial charge in [0.1, 0.15) is 11.4 Å². The first-order valence-corrected chi connectivity index (χ1v) is 6.06. The highest BCUT2D eigenvalue weighted by atomic mass is 16.5. The Morgan fingerprint density at radius 3 is 2.85 bits per heavy atom. The summed E-state index contributed by atoms with van der Waals surface area (Å²) >= 11 is 0. The molecule has 2 aromatic heterocycles. The Bertz CT molecular complexity index is 610. The molecule has 8 heteroatoms. The molecule has 0 radical (unpaired) electrons. The molecule has 2 N–H and O–H groups in total. The monoisotopic (exact) mass is 276 g/mol. The van der Waals surface area contributed by atoms with Crippen molar-refractivity contribution in [2.24, 2.45) is 0 Å². The number of hydrogen-bond acceptors (Lipinski definition) is 7. The molecule has 0 spiro atoms. The Balaban J connectivity index is 2.61. The first-order chi connectivity index (χ1) is 9.60. The highest BCUT2D eigenvalue weighted by Crippen LogP contribution is 2.27. The average Bonchev–Trinajstić information content (AvgIpc) is 2.84. The summed E-state index contributed by atoms with van der Waals surface area (Å²) in [5.74, 6) is 0.522. The van der Waals surface area contributed by atoms with E-state index in [1.807, 2.05) is 14.0 Å². The Labute approximate surface area is 116 Å². The molecule has 106 valence electrons. The second-order valence-electron chi connectivity index (χ2n) is 4.08. The summed E-state index contributed by atoms with van der Waals surface area (Å²) < 4.78 is 6.14. The standard InChI is InChI=1S/C12H16N6O2/c1-4-17(2)11-9(12(19)20-3)10(13)18(16-11)8-6-5-7-14-15-8/h5-7H,4,13H2,1-3H3. The van der Waals surface area contributed by atoms with E-state index >= 15 is 0 Å². The fraction of sp³-hybridized carbons (Fsp3) is 0.333. The van der Waals surface area contributed by atoms with Crippen molar-refractivity contribution >= 4 is 17.6 Å². The zero-order valence-electron chi connectivity index (χ0n) is 11.6. The molecular weight excluding hydrogens is 260 g/mol. The number of nitrogens with zero attached hydrogens (tertiary/aromatic N) is 5. The number of nitrogen functional groups attached to an aromatic ring is 1. The zero-order valence-corrected chi connectivity index (χ0v) is 11.6. The van der Waals surface area contributed by atoms with Crippen molar-refractivity contribution < 1.29 is 9.53 Å². The molecule has 0 saturated carbocycles. The van der Waals surface area contributed by atoms with Gasteiger partial charge in [-0.2, -0.15) is 9.78 Å². The number of nitrogens with two attached hydrogens (primary N) is 1. The zero-order chi connectivity index (χ0) is 14.7. The number of hydrogen-bond donors (Lipinski definition) is 1. The molecule has 0 aliphatic carbocycles. The predicted octanol–water partition coefficient (Wildman–Crippen LogP) is 0.487. The lowest BCUT2D eigenvalue weighted by molar-refractivity contribution is 0.0602. The second-order valence-corrected chi connectivity index (χ2v) is 4.08. The van der Waals surface area contributed by atoms with Crippen LogP contribution in [0.2, 0.25) is 0 Å². The highest BCUT2D eigenvalue weighted by molar-refractivity contribution is 6.00. The molecule has 0 aliphatic rings. The van der Waals surface area contributed by atoms with Gasteiger partial charge in [0.2, 0.25) is 0 Å². The van der Waals surface area contributed by atoms with E-state index in [4.69, 9.17) is 10.5 Å². The summed E-state index contributed by atoms with van der Waals surface area (Å²) in [6, 6.07) is 3.41. The van der Waals surface area contributed by atoms with E-state index in [9.17, 15) is 4.79 Å². The first-order valence-electron chi connectivity index (χ1n) is 6.06. The molecule has 0 atom stereocenters. The van der Waals surface area contributed by atoms with Crippen LogP contribution in [-0.4, -0.2) is 46.6 Å². The van der Waals surface area contributed by atoms with E-state index in [1.165, 1.54) is 11.8 Å². The van der Waals surface area contributed by atoms with Crippen molar-refractivity contribution in [1.82, 2.24) is 20.0 Å². The minimum atomic E-state index is -0.534. The SMILES string of the molecule is CCN(C)c1nn(-c2cccnn2)c(N)c1C(=O)OC. The smallest absolute Gasteiger partial charge is 0.345 e. The Kier molecular flexibility index (Phi) is 3.83. The molecule has 8 nitrogen and oxygen atoms in total. The minimum Gasteiger partial charge on any atom is -0.465 e. The number of ether oxygens (including phenoxy) is 1. The molecule has 0 amide bonds. The van der Waals surface area contributed by atoms with Crippen LogP contribution in [0.25, 0.3) is 5.82 Å². The third-order valence-electron chi connectivity index (χ3n) is 2.90. The largest absolute Gasteiger partial charge is 0.465 e. The molecule has 0 bridgehead atoms. The summed E-state index contributed by atoms with van der Waals surface area (Å²) in [6.07, 6.45) is 1.55. The third kappa shape index (κ3) is 2.27. The Morgan fingerprint density at radius 1 is 1.55 bits per heavy atom. The molecule has 2 rings (SSSR count). The van der Waals surface area contributed by atoms with E-state index in [2.05, 4.69) is 15.3 Å². The first kappa shape index (κ1) is 13.8. The lowest BCUT2D eigenvalue weighted by Crippen LogP contribution is -2.19. The molecular formula is C12H16N6O2. The quantitative estimate of drug-likeness (QED) is 0.811. The fourth-order valence-corrected chi connectivity index (χ4v) is 1.71. The van der Waals surface area contributed by atoms with Crippen molar-refractivity contribution in [3.63, 3.8) is 0 Å². The maximum Gasteiger partial charge on any atom is 0.345 e. The minimum absolute atomic E-state index is 0.174. The lowest BCUT2D eigenvalue weighted by atomic mass is 10.3. The average molecular weight is 276 g/mol. The van der Waals surface area contributed by atoms with Crippen molar-refractivity contribution in [1.29, 1.82) is 0 Å². The van der Waals surface area contributed by atoms with Gasteiger partial charge in [0.05, 0.1) is 7.11 Å². The fourth-order valence-electron chi connectivity index (χ4n) is 1.71. The molecule has 0 saturated heterocycles. The predicted molar refractivity (Wildman–Crippen MR) is 73.8 cm³/mol. The van der Waals surface area contributed by atoms with Gasteiger partial charge in [0.25, 0.3) is 0 Å². The third-order valence-corrected chi connectivity index (χ3v) is 2.90. The Morgan fingerprint density at radius 2 is 2.30 bits per heavy atom. The van der Waals surface area contributed by atoms with Crippen LogP contribution < -0.4 is 10.6 Å². The lowest BCUT2D eigenvalue weighted by Gasteiger charge is -2.14. The summed E-state index contributed by atoms with van der Waals surface area (Å²) in [5.41, 5.74) is 6.23. The van der Waals surface area contributed by atoms with Crippen LogP contribution in [0.4, 0.5) is 11.6 Å². The molecule has 20 heavy (non-hydrogen) atoms. The van der Waals surface area contributed by atoms with Crippen LogP contribution in [0.15, 0.2) is 18.3 Å². The molecule has 2 heterocycles. The van der Waals surface area contributed by atoms with Gasteiger partial charge in [-0.15, -0.1) is 10.2 Å². The number of carbonyl (C=O) groups is 1. The van der Waals surface area contributed by atoms with Crippen LogP contribution in [-0.2, 0) is 4.74 Å². The van der Waals surface area contributed by atoms with E-state index in [-0.39, 0.29) is 11.4 Å². The molecule has 0 fully saturated rings. The van der Waals surface area contributed by atoms with Crippen LogP contribution in [0.3, 0.4) is 0 Å². The van der Waals surface area contributed by atoms with Gasteiger partial charge in [0, 0.05) is 19.8 Å². The molecule has 0 unspecified atom stereocenters. The van der Waals surface area contributed by atoms with Crippen LogP contribution in [0, 0.1) is 0 Å². The maximum absolute atomic E-state index is 11.9. The summed E-state index contributed by atoms with van der Waals surface area (Å²) in [5, 5.41) is 12.0. The summed E-state index contributed by atoms with van der Waals surface area (Å²) in [4.78, 5) is 13.7. The second kappa shape index (κ2) is 5.55. The van der Waals surface area contributed by atoms with Gasteiger partial charge in [-0.25, -0.2) is 4.79 Å². The van der Waals surface area contributed by atoms with Gasteiger partial charge >= 0.3 is 5.97 Å². The van der Waals surface area contributed by atoms with Gasteiger partial charge in [0.15, 0.2) is 11.6 Å². The van der Waals surface area contributed by atoms with Crippen molar-refractivity contribution in [3.05, 3.63) is 23.9 Å². The number of anilines is 2. The maximum atomic E-state index is 11.9. The van der Waals surface area contributed by atoms with Crippen LogP contribution in [0.5, 0.6) is 0 Å². The highest BCUT2D eigenvalue weighted by Gasteiger charge is 2.25. The van der Waals surface area contributed by atoms with E-state index in [0.717, 1.165) is 0 Å². The van der Waals surface area contributed by atoms with Crippen molar-refractivity contribution in [2.75, 3.05) is 31.3 Å². The normalized spacial score (nSPS) is 10.3. The number of carbonyl (C=O) groups excluding carboxylic acids is 1.